The summed E-state index contributed by atoms with van der Waals surface area (Å²) in [5, 5.41) is 0. The first-order chi connectivity index (χ1) is 8.34. The second kappa shape index (κ2) is 4.50. The molecule has 0 bridgehead atoms. The maximum atomic E-state index is 13.8. The summed E-state index contributed by atoms with van der Waals surface area (Å²) in [6, 6.07) is 6.89. The van der Waals surface area contributed by atoms with Crippen molar-refractivity contribution in [1.29, 1.82) is 0 Å². The van der Waals surface area contributed by atoms with Crippen molar-refractivity contribution in [3.05, 3.63) is 29.8 Å². The number of ether oxygens (including phenoxy) is 1. The summed E-state index contributed by atoms with van der Waals surface area (Å²) in [7, 11) is 1.53. The Morgan fingerprint density at radius 2 is 2.11 bits per heavy atom. The van der Waals surface area contributed by atoms with Crippen LogP contribution in [0, 0.1) is 0 Å². The van der Waals surface area contributed by atoms with E-state index in [9.17, 15) is 8.78 Å². The molecule has 1 aliphatic rings. The quantitative estimate of drug-likeness (QED) is 0.876. The number of rotatable bonds is 5. The normalized spacial score (nSPS) is 19.4. The Kier molecular flexibility index (Phi) is 3.32. The molecule has 0 spiro atoms. The maximum absolute atomic E-state index is 13.8. The lowest BCUT2D eigenvalue weighted by Crippen LogP contribution is -2.32. The number of methoxy groups -OCH3 is 1. The first-order valence-corrected chi connectivity index (χ1v) is 6.15. The molecule has 18 heavy (non-hydrogen) atoms. The van der Waals surface area contributed by atoms with Crippen LogP contribution >= 0.6 is 0 Å². The topological polar surface area (TPSA) is 35.2 Å². The van der Waals surface area contributed by atoms with Gasteiger partial charge < -0.3 is 10.5 Å². The molecule has 2 N–H and O–H groups in total. The summed E-state index contributed by atoms with van der Waals surface area (Å²) in [5.74, 6) is -3.02. The Morgan fingerprint density at radius 3 is 2.61 bits per heavy atom. The van der Waals surface area contributed by atoms with Gasteiger partial charge in [-0.25, -0.2) is 8.78 Å². The Hall–Kier alpha value is -1.16. The van der Waals surface area contributed by atoms with Crippen molar-refractivity contribution in [3.8, 4) is 5.75 Å². The van der Waals surface area contributed by atoms with Crippen molar-refractivity contribution in [3.63, 3.8) is 0 Å². The molecule has 1 aliphatic carbocycles. The van der Waals surface area contributed by atoms with Gasteiger partial charge in [-0.2, -0.15) is 0 Å². The number of benzene rings is 1. The van der Waals surface area contributed by atoms with E-state index < -0.39 is 17.4 Å². The van der Waals surface area contributed by atoms with Crippen LogP contribution in [0.1, 0.15) is 37.7 Å². The third kappa shape index (κ3) is 2.99. The van der Waals surface area contributed by atoms with Crippen LogP contribution in [0.25, 0.3) is 0 Å². The third-order valence-corrected chi connectivity index (χ3v) is 3.61. The summed E-state index contributed by atoms with van der Waals surface area (Å²) in [4.78, 5) is 0. The molecule has 1 fully saturated rings. The van der Waals surface area contributed by atoms with E-state index in [4.69, 9.17) is 10.5 Å². The predicted molar refractivity (Wildman–Crippen MR) is 67.1 cm³/mol. The standard InChI is InChI=1S/C14H19F2NO/c1-13(15,16)12(9-14(17)6-7-14)10-4-3-5-11(8-10)18-2/h3-5,8,12H,6-7,9,17H2,1-2H3. The van der Waals surface area contributed by atoms with Crippen LogP contribution in [-0.4, -0.2) is 18.6 Å². The van der Waals surface area contributed by atoms with E-state index in [1.165, 1.54) is 7.11 Å². The molecule has 0 aliphatic heterocycles. The highest BCUT2D eigenvalue weighted by Crippen LogP contribution is 2.46. The van der Waals surface area contributed by atoms with Gasteiger partial charge in [0.05, 0.1) is 7.11 Å². The molecule has 0 amide bonds. The zero-order valence-electron chi connectivity index (χ0n) is 10.7. The van der Waals surface area contributed by atoms with Crippen LogP contribution < -0.4 is 10.5 Å². The average Bonchev–Trinajstić information content (AvgIpc) is 3.03. The second-order valence-electron chi connectivity index (χ2n) is 5.35. The zero-order chi connectivity index (χ0) is 13.4. The molecule has 0 aromatic heterocycles. The number of halogens is 2. The minimum Gasteiger partial charge on any atom is -0.497 e. The van der Waals surface area contributed by atoms with Crippen molar-refractivity contribution in [2.75, 3.05) is 7.11 Å². The van der Waals surface area contributed by atoms with Crippen LogP contribution in [0.4, 0.5) is 8.78 Å². The Morgan fingerprint density at radius 1 is 1.44 bits per heavy atom. The van der Waals surface area contributed by atoms with E-state index in [2.05, 4.69) is 0 Å². The van der Waals surface area contributed by atoms with Gasteiger partial charge in [0.15, 0.2) is 0 Å². The summed E-state index contributed by atoms with van der Waals surface area (Å²) in [5.41, 5.74) is 6.19. The van der Waals surface area contributed by atoms with Gasteiger partial charge in [0.2, 0.25) is 0 Å². The number of hydrogen-bond donors (Lipinski definition) is 1. The van der Waals surface area contributed by atoms with E-state index in [1.807, 2.05) is 0 Å². The summed E-state index contributed by atoms with van der Waals surface area (Å²) >= 11 is 0. The lowest BCUT2D eigenvalue weighted by Gasteiger charge is -2.27. The molecular formula is C14H19F2NO. The van der Waals surface area contributed by atoms with E-state index in [-0.39, 0.29) is 0 Å². The fourth-order valence-electron chi connectivity index (χ4n) is 2.22. The number of nitrogens with two attached hydrogens (primary N) is 1. The van der Waals surface area contributed by atoms with E-state index in [1.54, 1.807) is 24.3 Å². The highest BCUT2D eigenvalue weighted by Gasteiger charge is 2.46. The van der Waals surface area contributed by atoms with Crippen LogP contribution in [0.15, 0.2) is 24.3 Å². The van der Waals surface area contributed by atoms with E-state index >= 15 is 0 Å². The van der Waals surface area contributed by atoms with Gasteiger partial charge >= 0.3 is 0 Å². The van der Waals surface area contributed by atoms with Crippen molar-refractivity contribution in [2.24, 2.45) is 5.73 Å². The van der Waals surface area contributed by atoms with Gasteiger partial charge in [0.25, 0.3) is 5.92 Å². The van der Waals surface area contributed by atoms with Crippen LogP contribution in [0.3, 0.4) is 0 Å². The molecule has 100 valence electrons. The van der Waals surface area contributed by atoms with Gasteiger partial charge in [-0.3, -0.25) is 0 Å². The minimum atomic E-state index is -2.78. The van der Waals surface area contributed by atoms with Crippen molar-refractivity contribution in [1.82, 2.24) is 0 Å². The maximum Gasteiger partial charge on any atom is 0.252 e. The minimum absolute atomic E-state index is 0.323. The number of alkyl halides is 2. The van der Waals surface area contributed by atoms with Crippen molar-refractivity contribution < 1.29 is 13.5 Å². The molecule has 0 radical (unpaired) electrons. The Balaban J connectivity index is 2.27. The van der Waals surface area contributed by atoms with Gasteiger partial charge in [-0.15, -0.1) is 0 Å². The fraction of sp³-hybridized carbons (Fsp3) is 0.571. The lowest BCUT2D eigenvalue weighted by molar-refractivity contribution is -0.0137. The van der Waals surface area contributed by atoms with Crippen LogP contribution in [0.5, 0.6) is 5.75 Å². The SMILES string of the molecule is COc1cccc(C(CC2(N)CC2)C(C)(F)F)c1. The highest BCUT2D eigenvalue weighted by atomic mass is 19.3. The molecule has 1 saturated carbocycles. The summed E-state index contributed by atoms with van der Waals surface area (Å²) < 4.78 is 32.6. The average molecular weight is 255 g/mol. The molecule has 1 aromatic rings. The van der Waals surface area contributed by atoms with E-state index in [0.717, 1.165) is 19.8 Å². The molecule has 1 aromatic carbocycles. The smallest absolute Gasteiger partial charge is 0.252 e. The molecule has 1 atom stereocenters. The van der Waals surface area contributed by atoms with Gasteiger partial charge in [0.1, 0.15) is 5.75 Å². The highest BCUT2D eigenvalue weighted by molar-refractivity contribution is 5.32. The second-order valence-corrected chi connectivity index (χ2v) is 5.35. The lowest BCUT2D eigenvalue weighted by atomic mass is 9.86. The van der Waals surface area contributed by atoms with Crippen molar-refractivity contribution >= 4 is 0 Å². The molecule has 0 saturated heterocycles. The fourth-order valence-corrected chi connectivity index (χ4v) is 2.22. The number of hydrogen-bond acceptors (Lipinski definition) is 2. The summed E-state index contributed by atoms with van der Waals surface area (Å²) in [6.45, 7) is 0.961. The zero-order valence-corrected chi connectivity index (χ0v) is 10.7. The van der Waals surface area contributed by atoms with Gasteiger partial charge in [-0.1, -0.05) is 12.1 Å². The first-order valence-electron chi connectivity index (χ1n) is 6.15. The van der Waals surface area contributed by atoms with Gasteiger partial charge in [-0.05, 0) is 43.9 Å². The molecule has 2 rings (SSSR count). The molecule has 4 heteroatoms. The van der Waals surface area contributed by atoms with Crippen LogP contribution in [0.2, 0.25) is 0 Å². The molecule has 2 nitrogen and oxygen atoms in total. The largest absolute Gasteiger partial charge is 0.497 e. The van der Waals surface area contributed by atoms with E-state index in [0.29, 0.717) is 17.7 Å². The Labute approximate surface area is 106 Å². The van der Waals surface area contributed by atoms with Gasteiger partial charge in [0, 0.05) is 11.5 Å². The Bertz CT molecular complexity index is 424. The van der Waals surface area contributed by atoms with Crippen molar-refractivity contribution in [2.45, 2.75) is 43.6 Å². The third-order valence-electron chi connectivity index (χ3n) is 3.61. The molecule has 0 heterocycles. The molecular weight excluding hydrogens is 236 g/mol. The monoisotopic (exact) mass is 255 g/mol. The summed E-state index contributed by atoms with van der Waals surface area (Å²) in [6.07, 6.45) is 2.00. The first kappa shape index (κ1) is 13.3. The van der Waals surface area contributed by atoms with Crippen LogP contribution in [-0.2, 0) is 0 Å². The molecule has 1 unspecified atom stereocenters. The predicted octanol–water partition coefficient (Wildman–Crippen LogP) is 3.32.